The minimum atomic E-state index is -0.222. The Hall–Kier alpha value is -3.40. The summed E-state index contributed by atoms with van der Waals surface area (Å²) >= 11 is 0. The smallest absolute Gasteiger partial charge is 0.312 e. The fourth-order valence-corrected chi connectivity index (χ4v) is 2.76. The van der Waals surface area contributed by atoms with Gasteiger partial charge in [0.1, 0.15) is 0 Å². The third-order valence-corrected chi connectivity index (χ3v) is 3.98. The van der Waals surface area contributed by atoms with E-state index in [0.717, 1.165) is 21.9 Å². The van der Waals surface area contributed by atoms with E-state index in [2.05, 4.69) is 9.98 Å². The third kappa shape index (κ3) is 3.15. The molecule has 0 saturated carbocycles. The zero-order valence-corrected chi connectivity index (χ0v) is 13.5. The Morgan fingerprint density at radius 2 is 1.68 bits per heavy atom. The molecule has 4 aromatic rings. The molecule has 25 heavy (non-hydrogen) atoms. The summed E-state index contributed by atoms with van der Waals surface area (Å²) in [5, 5.41) is 12.2. The van der Waals surface area contributed by atoms with Crippen molar-refractivity contribution in [2.75, 3.05) is 0 Å². The Morgan fingerprint density at radius 1 is 0.920 bits per heavy atom. The van der Waals surface area contributed by atoms with Gasteiger partial charge in [0, 0.05) is 5.56 Å². The molecule has 0 fully saturated rings. The molecule has 0 aliphatic carbocycles. The Labute approximate surface area is 145 Å². The quantitative estimate of drug-likeness (QED) is 0.546. The average Bonchev–Trinajstić information content (AvgIpc) is 3.03. The van der Waals surface area contributed by atoms with E-state index in [1.165, 1.54) is 0 Å². The summed E-state index contributed by atoms with van der Waals surface area (Å²) in [4.78, 5) is 8.73. The van der Waals surface area contributed by atoms with Crippen LogP contribution >= 0.6 is 0 Å². The second-order valence-electron chi connectivity index (χ2n) is 5.69. The van der Waals surface area contributed by atoms with E-state index in [-0.39, 0.29) is 5.95 Å². The van der Waals surface area contributed by atoms with Gasteiger partial charge in [0.25, 0.3) is 0 Å². The Bertz CT molecular complexity index is 1030. The first kappa shape index (κ1) is 15.1. The molecule has 1 N–H and O–H groups in total. The molecular formula is C21H16N2O2. The maximum Gasteiger partial charge on any atom is 0.312 e. The molecule has 4 rings (SSSR count). The highest BCUT2D eigenvalue weighted by Crippen LogP contribution is 2.31. The van der Waals surface area contributed by atoms with Crippen LogP contribution in [0.25, 0.3) is 22.2 Å². The largest absolute Gasteiger partial charge is 0.479 e. The highest BCUT2D eigenvalue weighted by atomic mass is 16.5. The number of aliphatic imine (C=N–C) groups is 1. The topological polar surface area (TPSA) is 58.6 Å². The van der Waals surface area contributed by atoms with Gasteiger partial charge in [-0.3, -0.25) is 4.99 Å². The summed E-state index contributed by atoms with van der Waals surface area (Å²) in [5.41, 5.74) is 2.27. The SMILES string of the molecule is Oc1oc(-c2cccc3ccccc23)nc1C=NCc1ccccc1. The van der Waals surface area contributed by atoms with Gasteiger partial charge in [0.05, 0.1) is 12.8 Å². The zero-order valence-electron chi connectivity index (χ0n) is 13.5. The summed E-state index contributed by atoms with van der Waals surface area (Å²) < 4.78 is 5.46. The summed E-state index contributed by atoms with van der Waals surface area (Å²) in [6.45, 7) is 0.525. The number of aromatic nitrogens is 1. The number of rotatable bonds is 4. The van der Waals surface area contributed by atoms with E-state index >= 15 is 0 Å². The molecule has 0 unspecified atom stereocenters. The van der Waals surface area contributed by atoms with Gasteiger partial charge in [-0.1, -0.05) is 66.7 Å². The van der Waals surface area contributed by atoms with Crippen molar-refractivity contribution in [1.82, 2.24) is 4.98 Å². The lowest BCUT2D eigenvalue weighted by Gasteiger charge is -2.01. The van der Waals surface area contributed by atoms with Crippen LogP contribution in [0.3, 0.4) is 0 Å². The van der Waals surface area contributed by atoms with E-state index in [1.807, 2.05) is 72.8 Å². The van der Waals surface area contributed by atoms with Crippen molar-refractivity contribution in [2.24, 2.45) is 4.99 Å². The maximum absolute atomic E-state index is 10.0. The van der Waals surface area contributed by atoms with Crippen LogP contribution in [-0.4, -0.2) is 16.3 Å². The average molecular weight is 328 g/mol. The molecule has 0 atom stereocenters. The highest BCUT2D eigenvalue weighted by Gasteiger charge is 2.14. The second-order valence-corrected chi connectivity index (χ2v) is 5.69. The maximum atomic E-state index is 10.0. The number of aromatic hydroxyl groups is 1. The fraction of sp³-hybridized carbons (Fsp3) is 0.0476. The standard InChI is InChI=1S/C21H16N2O2/c24-21-19(14-22-13-15-7-2-1-3-8-15)23-20(25-21)18-12-6-10-16-9-4-5-11-17(16)18/h1-12,14,24H,13H2. The molecule has 0 radical (unpaired) electrons. The molecule has 3 aromatic carbocycles. The van der Waals surface area contributed by atoms with Crippen LogP contribution in [0.5, 0.6) is 5.95 Å². The summed E-state index contributed by atoms with van der Waals surface area (Å²) in [6.07, 6.45) is 1.54. The number of hydrogen-bond acceptors (Lipinski definition) is 4. The van der Waals surface area contributed by atoms with E-state index in [4.69, 9.17) is 4.42 Å². The van der Waals surface area contributed by atoms with Crippen molar-refractivity contribution < 1.29 is 9.52 Å². The number of benzene rings is 3. The molecule has 4 heteroatoms. The van der Waals surface area contributed by atoms with Crippen molar-refractivity contribution in [3.8, 4) is 17.4 Å². The summed E-state index contributed by atoms with van der Waals surface area (Å²) in [7, 11) is 0. The van der Waals surface area contributed by atoms with Crippen molar-refractivity contribution in [3.63, 3.8) is 0 Å². The predicted molar refractivity (Wildman–Crippen MR) is 98.8 cm³/mol. The van der Waals surface area contributed by atoms with Crippen LogP contribution in [-0.2, 0) is 6.54 Å². The Kier molecular flexibility index (Phi) is 4.01. The Morgan fingerprint density at radius 3 is 2.56 bits per heavy atom. The van der Waals surface area contributed by atoms with Gasteiger partial charge in [-0.2, -0.15) is 0 Å². The van der Waals surface area contributed by atoms with Gasteiger partial charge in [0.2, 0.25) is 5.89 Å². The first-order valence-electron chi connectivity index (χ1n) is 8.03. The molecule has 0 saturated heterocycles. The lowest BCUT2D eigenvalue weighted by atomic mass is 10.0. The van der Waals surface area contributed by atoms with Crippen molar-refractivity contribution in [2.45, 2.75) is 6.54 Å². The summed E-state index contributed by atoms with van der Waals surface area (Å²) in [5.74, 6) is 0.162. The van der Waals surface area contributed by atoms with Crippen molar-refractivity contribution in [3.05, 3.63) is 84.1 Å². The fourth-order valence-electron chi connectivity index (χ4n) is 2.76. The molecule has 122 valence electrons. The van der Waals surface area contributed by atoms with Gasteiger partial charge < -0.3 is 9.52 Å². The zero-order chi connectivity index (χ0) is 17.1. The van der Waals surface area contributed by atoms with Crippen LogP contribution in [0, 0.1) is 0 Å². The van der Waals surface area contributed by atoms with E-state index in [1.54, 1.807) is 6.21 Å². The molecule has 0 aliphatic heterocycles. The number of oxazole rings is 1. The van der Waals surface area contributed by atoms with Crippen LogP contribution < -0.4 is 0 Å². The van der Waals surface area contributed by atoms with Gasteiger partial charge in [-0.25, -0.2) is 4.98 Å². The normalized spacial score (nSPS) is 11.4. The first-order chi connectivity index (χ1) is 12.3. The molecule has 0 amide bonds. The summed E-state index contributed by atoms with van der Waals surface area (Å²) in [6, 6.07) is 23.8. The Balaban J connectivity index is 1.64. The molecule has 4 nitrogen and oxygen atoms in total. The molecule has 1 heterocycles. The monoisotopic (exact) mass is 328 g/mol. The highest BCUT2D eigenvalue weighted by molar-refractivity contribution is 5.95. The van der Waals surface area contributed by atoms with Crippen LogP contribution in [0.15, 0.2) is 82.2 Å². The third-order valence-electron chi connectivity index (χ3n) is 3.98. The van der Waals surface area contributed by atoms with Crippen LogP contribution in [0.2, 0.25) is 0 Å². The lowest BCUT2D eigenvalue weighted by molar-refractivity contribution is 0.337. The number of hydrogen-bond donors (Lipinski definition) is 1. The van der Waals surface area contributed by atoms with Crippen molar-refractivity contribution in [1.29, 1.82) is 0 Å². The minimum Gasteiger partial charge on any atom is -0.479 e. The predicted octanol–water partition coefficient (Wildman–Crippen LogP) is 4.82. The molecule has 1 aromatic heterocycles. The molecule has 0 bridgehead atoms. The van der Waals surface area contributed by atoms with Crippen LogP contribution in [0.1, 0.15) is 11.3 Å². The first-order valence-corrected chi connectivity index (χ1v) is 8.03. The van der Waals surface area contributed by atoms with Gasteiger partial charge in [0.15, 0.2) is 5.69 Å². The molecule has 0 aliphatic rings. The van der Waals surface area contributed by atoms with Gasteiger partial charge >= 0.3 is 5.95 Å². The second kappa shape index (κ2) is 6.61. The number of nitrogens with zero attached hydrogens (tertiary/aromatic N) is 2. The van der Waals surface area contributed by atoms with E-state index in [9.17, 15) is 5.11 Å². The van der Waals surface area contributed by atoms with E-state index < -0.39 is 0 Å². The lowest BCUT2D eigenvalue weighted by Crippen LogP contribution is -1.86. The van der Waals surface area contributed by atoms with Gasteiger partial charge in [-0.05, 0) is 22.4 Å². The van der Waals surface area contributed by atoms with E-state index in [0.29, 0.717) is 18.1 Å². The minimum absolute atomic E-state index is 0.222. The van der Waals surface area contributed by atoms with Gasteiger partial charge in [-0.15, -0.1) is 0 Å². The molecule has 0 spiro atoms. The van der Waals surface area contributed by atoms with Crippen molar-refractivity contribution >= 4 is 17.0 Å². The number of fused-ring (bicyclic) bond motifs is 1. The van der Waals surface area contributed by atoms with Crippen LogP contribution in [0.4, 0.5) is 0 Å². The molecular weight excluding hydrogens is 312 g/mol.